The monoisotopic (exact) mass is 327 g/mol. The third kappa shape index (κ3) is 2.81. The summed E-state index contributed by atoms with van der Waals surface area (Å²) in [4.78, 5) is 5.51. The molecule has 0 aromatic carbocycles. The van der Waals surface area contributed by atoms with Crippen LogP contribution in [0.2, 0.25) is 0 Å². The Morgan fingerprint density at radius 3 is 3.22 bits per heavy atom. The number of hydrogen-bond donors (Lipinski definition) is 1. The third-order valence-electron chi connectivity index (χ3n) is 3.12. The maximum absolute atomic E-state index is 5.33. The van der Waals surface area contributed by atoms with Gasteiger partial charge in [0, 0.05) is 16.3 Å². The molecule has 2 aromatic heterocycles. The predicted octanol–water partition coefficient (Wildman–Crippen LogP) is 3.10. The number of piperidine rings is 1. The maximum atomic E-state index is 5.33. The van der Waals surface area contributed by atoms with Gasteiger partial charge in [-0.1, -0.05) is 5.16 Å². The normalized spacial score (nSPS) is 20.2. The van der Waals surface area contributed by atoms with Gasteiger partial charge in [0.1, 0.15) is 0 Å². The Balaban J connectivity index is 1.69. The van der Waals surface area contributed by atoms with Crippen molar-refractivity contribution in [1.29, 1.82) is 0 Å². The van der Waals surface area contributed by atoms with Gasteiger partial charge in [-0.2, -0.15) is 4.98 Å². The van der Waals surface area contributed by atoms with Gasteiger partial charge < -0.3 is 9.84 Å². The number of halogens is 1. The molecule has 96 valence electrons. The van der Waals surface area contributed by atoms with Crippen molar-refractivity contribution in [1.82, 2.24) is 15.5 Å². The van der Waals surface area contributed by atoms with Gasteiger partial charge in [-0.25, -0.2) is 0 Å². The molecular formula is C12H14BrN3OS. The van der Waals surface area contributed by atoms with Crippen molar-refractivity contribution in [2.75, 3.05) is 13.1 Å². The summed E-state index contributed by atoms with van der Waals surface area (Å²) in [7, 11) is 0. The van der Waals surface area contributed by atoms with E-state index in [0.29, 0.717) is 11.7 Å². The molecule has 1 N–H and O–H groups in total. The molecule has 3 heterocycles. The van der Waals surface area contributed by atoms with Crippen LogP contribution in [0.4, 0.5) is 0 Å². The molecule has 3 rings (SSSR count). The highest BCUT2D eigenvalue weighted by Gasteiger charge is 2.18. The van der Waals surface area contributed by atoms with Gasteiger partial charge in [0.2, 0.25) is 11.7 Å². The highest BCUT2D eigenvalue weighted by Crippen LogP contribution is 2.28. The number of aromatic nitrogens is 2. The summed E-state index contributed by atoms with van der Waals surface area (Å²) in [6.45, 7) is 2.19. The van der Waals surface area contributed by atoms with Crippen LogP contribution in [0, 0.1) is 5.92 Å². The summed E-state index contributed by atoms with van der Waals surface area (Å²) in [6, 6.07) is 2.02. The smallest absolute Gasteiger partial charge is 0.227 e. The first kappa shape index (κ1) is 12.3. The fraction of sp³-hybridized carbons (Fsp3) is 0.500. The van der Waals surface area contributed by atoms with Crippen LogP contribution >= 0.6 is 27.3 Å². The lowest BCUT2D eigenvalue weighted by Crippen LogP contribution is -2.30. The molecule has 2 aromatic rings. The average molecular weight is 328 g/mol. The topological polar surface area (TPSA) is 51.0 Å². The summed E-state index contributed by atoms with van der Waals surface area (Å²) in [5.41, 5.74) is 0. The predicted molar refractivity (Wildman–Crippen MR) is 74.6 cm³/mol. The largest absolute Gasteiger partial charge is 0.339 e. The number of nitrogens with zero attached hydrogens (tertiary/aromatic N) is 2. The number of hydrogen-bond acceptors (Lipinski definition) is 5. The minimum absolute atomic E-state index is 0.627. The van der Waals surface area contributed by atoms with E-state index in [-0.39, 0.29) is 0 Å². The zero-order valence-corrected chi connectivity index (χ0v) is 12.3. The van der Waals surface area contributed by atoms with Crippen molar-refractivity contribution < 1.29 is 4.52 Å². The Kier molecular flexibility index (Phi) is 3.77. The van der Waals surface area contributed by atoms with Crippen LogP contribution < -0.4 is 5.32 Å². The lowest BCUT2D eigenvalue weighted by molar-refractivity contribution is 0.316. The minimum atomic E-state index is 0.627. The van der Waals surface area contributed by atoms with Crippen LogP contribution in [0.15, 0.2) is 20.4 Å². The second-order valence-corrected chi connectivity index (χ2v) is 6.38. The molecule has 0 spiro atoms. The molecule has 4 nitrogen and oxygen atoms in total. The minimum Gasteiger partial charge on any atom is -0.339 e. The third-order valence-corrected chi connectivity index (χ3v) is 4.81. The van der Waals surface area contributed by atoms with Crippen molar-refractivity contribution in [3.05, 3.63) is 21.8 Å². The fourth-order valence-electron chi connectivity index (χ4n) is 2.21. The van der Waals surface area contributed by atoms with E-state index in [1.165, 1.54) is 12.8 Å². The van der Waals surface area contributed by atoms with E-state index in [1.54, 1.807) is 11.3 Å². The van der Waals surface area contributed by atoms with Crippen LogP contribution in [-0.4, -0.2) is 23.2 Å². The van der Waals surface area contributed by atoms with Crippen LogP contribution in [-0.2, 0) is 6.42 Å². The molecule has 1 atom stereocenters. The summed E-state index contributed by atoms with van der Waals surface area (Å²) < 4.78 is 6.39. The zero-order chi connectivity index (χ0) is 12.4. The van der Waals surface area contributed by atoms with E-state index >= 15 is 0 Å². The Morgan fingerprint density at radius 1 is 1.56 bits per heavy atom. The highest BCUT2D eigenvalue weighted by atomic mass is 79.9. The number of nitrogens with one attached hydrogen (secondary N) is 1. The molecule has 1 unspecified atom stereocenters. The highest BCUT2D eigenvalue weighted by molar-refractivity contribution is 9.10. The second-order valence-electron chi connectivity index (χ2n) is 4.56. The Morgan fingerprint density at radius 2 is 2.50 bits per heavy atom. The Hall–Kier alpha value is -0.720. The van der Waals surface area contributed by atoms with E-state index in [2.05, 4.69) is 31.4 Å². The van der Waals surface area contributed by atoms with E-state index < -0.39 is 0 Å². The Labute approximate surface area is 118 Å². The SMILES string of the molecule is Brc1csc(-c2noc(CC3CCCNC3)n2)c1. The summed E-state index contributed by atoms with van der Waals surface area (Å²) in [5.74, 6) is 2.08. The molecule has 18 heavy (non-hydrogen) atoms. The van der Waals surface area contributed by atoms with E-state index in [1.807, 2.05) is 11.4 Å². The Bertz CT molecular complexity index is 519. The van der Waals surface area contributed by atoms with Crippen LogP contribution in [0.25, 0.3) is 10.7 Å². The lowest BCUT2D eigenvalue weighted by Gasteiger charge is -2.20. The van der Waals surface area contributed by atoms with Gasteiger partial charge >= 0.3 is 0 Å². The fourth-order valence-corrected chi connectivity index (χ4v) is 3.57. The van der Waals surface area contributed by atoms with Crippen LogP contribution in [0.3, 0.4) is 0 Å². The molecule has 0 amide bonds. The average Bonchev–Trinajstić information content (AvgIpc) is 2.99. The van der Waals surface area contributed by atoms with Crippen LogP contribution in [0.5, 0.6) is 0 Å². The quantitative estimate of drug-likeness (QED) is 0.941. The van der Waals surface area contributed by atoms with Crippen LogP contribution in [0.1, 0.15) is 18.7 Å². The molecule has 1 aliphatic heterocycles. The van der Waals surface area contributed by atoms with Crippen molar-refractivity contribution in [2.45, 2.75) is 19.3 Å². The zero-order valence-electron chi connectivity index (χ0n) is 9.86. The molecule has 0 radical (unpaired) electrons. The van der Waals surface area contributed by atoms with E-state index in [9.17, 15) is 0 Å². The first-order valence-electron chi connectivity index (χ1n) is 6.09. The molecule has 1 saturated heterocycles. The molecule has 0 bridgehead atoms. The first-order chi connectivity index (χ1) is 8.81. The van der Waals surface area contributed by atoms with Gasteiger partial charge in [0.25, 0.3) is 0 Å². The van der Waals surface area contributed by atoms with Gasteiger partial charge in [0.05, 0.1) is 4.88 Å². The van der Waals surface area contributed by atoms with Gasteiger partial charge in [-0.05, 0) is 53.8 Å². The maximum Gasteiger partial charge on any atom is 0.227 e. The van der Waals surface area contributed by atoms with Crippen molar-refractivity contribution in [2.24, 2.45) is 5.92 Å². The second kappa shape index (κ2) is 5.50. The van der Waals surface area contributed by atoms with Gasteiger partial charge in [-0.15, -0.1) is 11.3 Å². The summed E-state index contributed by atoms with van der Waals surface area (Å²) >= 11 is 5.05. The summed E-state index contributed by atoms with van der Waals surface area (Å²) in [6.07, 6.45) is 3.37. The molecule has 0 aliphatic carbocycles. The van der Waals surface area contributed by atoms with Crippen molar-refractivity contribution in [3.8, 4) is 10.7 Å². The molecule has 6 heteroatoms. The van der Waals surface area contributed by atoms with Gasteiger partial charge in [0.15, 0.2) is 0 Å². The molecular weight excluding hydrogens is 314 g/mol. The van der Waals surface area contributed by atoms with Crippen molar-refractivity contribution in [3.63, 3.8) is 0 Å². The number of thiophene rings is 1. The van der Waals surface area contributed by atoms with Crippen molar-refractivity contribution >= 4 is 27.3 Å². The lowest BCUT2D eigenvalue weighted by atomic mass is 9.96. The standard InChI is InChI=1S/C12H14BrN3OS/c13-9-5-10(18-7-9)12-15-11(17-16-12)4-8-2-1-3-14-6-8/h5,7-8,14H,1-4,6H2. The van der Waals surface area contributed by atoms with Gasteiger partial charge in [-0.3, -0.25) is 0 Å². The first-order valence-corrected chi connectivity index (χ1v) is 7.76. The summed E-state index contributed by atoms with van der Waals surface area (Å²) in [5, 5.41) is 9.48. The molecule has 0 saturated carbocycles. The molecule has 1 fully saturated rings. The van der Waals surface area contributed by atoms with E-state index in [4.69, 9.17) is 4.52 Å². The molecule has 1 aliphatic rings. The van der Waals surface area contributed by atoms with E-state index in [0.717, 1.165) is 34.8 Å². The number of rotatable bonds is 3.